The van der Waals surface area contributed by atoms with Crippen LogP contribution < -0.4 is 5.32 Å². The van der Waals surface area contributed by atoms with Crippen molar-refractivity contribution < 1.29 is 23.1 Å². The highest BCUT2D eigenvalue weighted by Gasteiger charge is 2.40. The number of hydrogen-bond donors (Lipinski definition) is 2. The van der Waals surface area contributed by atoms with Crippen molar-refractivity contribution in [2.75, 3.05) is 0 Å². The highest BCUT2D eigenvalue weighted by atomic mass is 35.5. The fourth-order valence-corrected chi connectivity index (χ4v) is 3.10. The van der Waals surface area contributed by atoms with E-state index in [0.29, 0.717) is 9.70 Å². The van der Waals surface area contributed by atoms with Gasteiger partial charge in [-0.1, -0.05) is 41.9 Å². The monoisotopic (exact) mass is 437 g/mol. The Hall–Kier alpha value is -2.84. The molecule has 0 saturated carbocycles. The van der Waals surface area contributed by atoms with E-state index < -0.39 is 35.5 Å². The van der Waals surface area contributed by atoms with Crippen molar-refractivity contribution >= 4 is 17.5 Å². The number of benzene rings is 2. The molecular weight excluding hydrogens is 419 g/mol. The molecule has 3 rings (SSSR count). The molecule has 2 N–H and O–H groups in total. The Kier molecular flexibility index (Phi) is 6.48. The number of aliphatic hydroxyl groups excluding tert-OH is 1. The molecule has 0 saturated heterocycles. The van der Waals surface area contributed by atoms with Crippen LogP contribution in [0.25, 0.3) is 5.69 Å². The van der Waals surface area contributed by atoms with Gasteiger partial charge in [0.1, 0.15) is 0 Å². The lowest BCUT2D eigenvalue weighted by Gasteiger charge is -2.21. The maximum Gasteiger partial charge on any atom is 0.434 e. The Morgan fingerprint density at radius 1 is 1.17 bits per heavy atom. The van der Waals surface area contributed by atoms with E-state index in [1.165, 1.54) is 31.2 Å². The number of aromatic nitrogens is 2. The first-order chi connectivity index (χ1) is 14.2. The Morgan fingerprint density at radius 2 is 1.80 bits per heavy atom. The summed E-state index contributed by atoms with van der Waals surface area (Å²) in [6, 6.07) is 13.9. The number of hydrogen-bond acceptors (Lipinski definition) is 3. The Bertz CT molecular complexity index is 1000. The van der Waals surface area contributed by atoms with Gasteiger partial charge in [0.15, 0.2) is 5.69 Å². The lowest BCUT2D eigenvalue weighted by Crippen LogP contribution is -2.42. The highest BCUT2D eigenvalue weighted by Crippen LogP contribution is 2.34. The first kappa shape index (κ1) is 21.9. The van der Waals surface area contributed by atoms with Gasteiger partial charge in [0.25, 0.3) is 5.91 Å². The number of carbonyl (C=O) groups excluding carboxylic acids is 1. The number of aliphatic hydroxyl groups is 1. The van der Waals surface area contributed by atoms with Crippen LogP contribution in [-0.4, -0.2) is 32.9 Å². The van der Waals surface area contributed by atoms with Crippen molar-refractivity contribution in [3.05, 3.63) is 82.6 Å². The molecule has 0 bridgehead atoms. The molecule has 0 fully saturated rings. The summed E-state index contributed by atoms with van der Waals surface area (Å²) in [4.78, 5) is 12.6. The fraction of sp³-hybridized carbons (Fsp3) is 0.238. The summed E-state index contributed by atoms with van der Waals surface area (Å²) in [6.45, 7) is 1.53. The van der Waals surface area contributed by atoms with Crippen LogP contribution in [0.5, 0.6) is 0 Å². The molecule has 0 spiro atoms. The summed E-state index contributed by atoms with van der Waals surface area (Å²) >= 11 is 5.79. The van der Waals surface area contributed by atoms with Crippen LogP contribution in [0.15, 0.2) is 60.8 Å². The molecule has 1 heterocycles. The molecule has 30 heavy (non-hydrogen) atoms. The number of nitrogens with one attached hydrogen (secondary N) is 1. The predicted octanol–water partition coefficient (Wildman–Crippen LogP) is 4.27. The smallest absolute Gasteiger partial charge is 0.391 e. The summed E-state index contributed by atoms with van der Waals surface area (Å²) in [5.41, 5.74) is -0.871. The molecule has 0 aliphatic heterocycles. The van der Waals surface area contributed by atoms with E-state index in [2.05, 4.69) is 10.4 Å². The van der Waals surface area contributed by atoms with Crippen LogP contribution in [0.4, 0.5) is 13.2 Å². The number of carbonyl (C=O) groups is 1. The van der Waals surface area contributed by atoms with Gasteiger partial charge in [-0.25, -0.2) is 4.68 Å². The minimum Gasteiger partial charge on any atom is -0.391 e. The van der Waals surface area contributed by atoms with Crippen LogP contribution in [0, 0.1) is 0 Å². The van der Waals surface area contributed by atoms with E-state index in [0.717, 1.165) is 11.8 Å². The average Bonchev–Trinajstić information content (AvgIpc) is 3.15. The third-order valence-electron chi connectivity index (χ3n) is 4.58. The number of rotatable bonds is 6. The van der Waals surface area contributed by atoms with Crippen molar-refractivity contribution in [1.29, 1.82) is 0 Å². The molecule has 2 aromatic carbocycles. The van der Waals surface area contributed by atoms with Crippen LogP contribution >= 0.6 is 11.6 Å². The second-order valence-corrected chi connectivity index (χ2v) is 7.25. The molecule has 5 nitrogen and oxygen atoms in total. The van der Waals surface area contributed by atoms with Gasteiger partial charge in [-0.3, -0.25) is 4.79 Å². The van der Waals surface area contributed by atoms with E-state index in [9.17, 15) is 23.1 Å². The maximum atomic E-state index is 13.7. The quantitative estimate of drug-likeness (QED) is 0.605. The van der Waals surface area contributed by atoms with Gasteiger partial charge in [0, 0.05) is 11.4 Å². The second-order valence-electron chi connectivity index (χ2n) is 6.81. The van der Waals surface area contributed by atoms with E-state index in [4.69, 9.17) is 11.6 Å². The SMILES string of the molecule is C[C@@H](NC(=O)c1cnn(-c2ccc(Cl)cc2)c1C(F)(F)F)[C@@H](O)Cc1ccccc1. The lowest BCUT2D eigenvalue weighted by atomic mass is 10.0. The van der Waals surface area contributed by atoms with Gasteiger partial charge in [0.05, 0.1) is 29.6 Å². The number of halogens is 4. The number of amides is 1. The summed E-state index contributed by atoms with van der Waals surface area (Å²) in [7, 11) is 0. The summed E-state index contributed by atoms with van der Waals surface area (Å²) < 4.78 is 41.9. The van der Waals surface area contributed by atoms with Crippen molar-refractivity contribution in [2.24, 2.45) is 0 Å². The minimum atomic E-state index is -4.82. The van der Waals surface area contributed by atoms with Crippen LogP contribution in [0.3, 0.4) is 0 Å². The van der Waals surface area contributed by atoms with Crippen molar-refractivity contribution in [3.63, 3.8) is 0 Å². The first-order valence-corrected chi connectivity index (χ1v) is 9.48. The Morgan fingerprint density at radius 3 is 2.40 bits per heavy atom. The number of nitrogens with zero attached hydrogens (tertiary/aromatic N) is 2. The topological polar surface area (TPSA) is 67.2 Å². The van der Waals surface area contributed by atoms with Crippen molar-refractivity contribution in [2.45, 2.75) is 31.7 Å². The average molecular weight is 438 g/mol. The third kappa shape index (κ3) is 5.01. The third-order valence-corrected chi connectivity index (χ3v) is 4.83. The summed E-state index contributed by atoms with van der Waals surface area (Å²) in [5.74, 6) is -0.970. The van der Waals surface area contributed by atoms with Gasteiger partial charge >= 0.3 is 6.18 Å². The van der Waals surface area contributed by atoms with Gasteiger partial charge < -0.3 is 10.4 Å². The summed E-state index contributed by atoms with van der Waals surface area (Å²) in [6.07, 6.45) is -4.69. The van der Waals surface area contributed by atoms with E-state index in [-0.39, 0.29) is 12.1 Å². The maximum absolute atomic E-state index is 13.7. The molecule has 1 amide bonds. The van der Waals surface area contributed by atoms with Crippen molar-refractivity contribution in [3.8, 4) is 5.69 Å². The summed E-state index contributed by atoms with van der Waals surface area (Å²) in [5, 5.41) is 16.9. The molecule has 158 valence electrons. The van der Waals surface area contributed by atoms with E-state index in [1.54, 1.807) is 0 Å². The zero-order valence-electron chi connectivity index (χ0n) is 15.9. The Labute approximate surface area is 176 Å². The van der Waals surface area contributed by atoms with E-state index >= 15 is 0 Å². The molecule has 3 aromatic rings. The molecule has 2 atom stereocenters. The molecule has 0 aliphatic carbocycles. The molecule has 1 aromatic heterocycles. The zero-order chi connectivity index (χ0) is 21.9. The van der Waals surface area contributed by atoms with Crippen LogP contribution in [-0.2, 0) is 12.6 Å². The van der Waals surface area contributed by atoms with Crippen LogP contribution in [0.2, 0.25) is 5.02 Å². The number of alkyl halides is 3. The zero-order valence-corrected chi connectivity index (χ0v) is 16.7. The standard InChI is InChI=1S/C21H19ClF3N3O2/c1-13(18(29)11-14-5-3-2-4-6-14)27-20(30)17-12-26-28(19(17)21(23,24)25)16-9-7-15(22)8-10-16/h2-10,12-13,18,29H,11H2,1H3,(H,27,30)/t13-,18+/m1/s1. The minimum absolute atomic E-state index is 0.114. The highest BCUT2D eigenvalue weighted by molar-refractivity contribution is 6.30. The Balaban J connectivity index is 1.82. The lowest BCUT2D eigenvalue weighted by molar-refractivity contribution is -0.143. The molecule has 0 radical (unpaired) electrons. The van der Waals surface area contributed by atoms with Gasteiger partial charge in [-0.15, -0.1) is 0 Å². The molecule has 0 unspecified atom stereocenters. The fourth-order valence-electron chi connectivity index (χ4n) is 2.98. The largest absolute Gasteiger partial charge is 0.434 e. The first-order valence-electron chi connectivity index (χ1n) is 9.11. The van der Waals surface area contributed by atoms with Gasteiger partial charge in [-0.2, -0.15) is 18.3 Å². The van der Waals surface area contributed by atoms with Gasteiger partial charge in [-0.05, 0) is 36.8 Å². The molecule has 0 aliphatic rings. The molecule has 9 heteroatoms. The van der Waals surface area contributed by atoms with Gasteiger partial charge in [0.2, 0.25) is 0 Å². The van der Waals surface area contributed by atoms with E-state index in [1.807, 2.05) is 30.3 Å². The second kappa shape index (κ2) is 8.89. The predicted molar refractivity (Wildman–Crippen MR) is 107 cm³/mol. The van der Waals surface area contributed by atoms with Crippen LogP contribution in [0.1, 0.15) is 28.5 Å². The normalized spacial score (nSPS) is 13.7. The van der Waals surface area contributed by atoms with Crippen molar-refractivity contribution in [1.82, 2.24) is 15.1 Å². The molecular formula is C21H19ClF3N3O2.